The van der Waals surface area contributed by atoms with Gasteiger partial charge in [-0.25, -0.2) is 0 Å². The summed E-state index contributed by atoms with van der Waals surface area (Å²) in [7, 11) is 0. The first-order valence-electron chi connectivity index (χ1n) is 5.98. The lowest BCUT2D eigenvalue weighted by Gasteiger charge is -1.96. The number of rotatable bonds is 4. The van der Waals surface area contributed by atoms with Gasteiger partial charge in [0.1, 0.15) is 0 Å². The molecule has 1 heteroatoms. The minimum atomic E-state index is 1.00. The van der Waals surface area contributed by atoms with Crippen LogP contribution in [0.2, 0.25) is 0 Å². The van der Waals surface area contributed by atoms with Gasteiger partial charge in [-0.15, -0.1) is 0 Å². The van der Waals surface area contributed by atoms with Crippen LogP contribution in [0.4, 0.5) is 0 Å². The predicted molar refractivity (Wildman–Crippen MR) is 72.8 cm³/mol. The van der Waals surface area contributed by atoms with Gasteiger partial charge in [0.25, 0.3) is 0 Å². The fourth-order valence-corrected chi connectivity index (χ4v) is 1.67. The number of allylic oxidation sites excluding steroid dienone is 1. The smallest absolute Gasteiger partial charge is 0.0406 e. The van der Waals surface area contributed by atoms with Crippen LogP contribution in [0, 0.1) is 6.92 Å². The molecule has 17 heavy (non-hydrogen) atoms. The highest BCUT2D eigenvalue weighted by molar-refractivity contribution is 5.49. The summed E-state index contributed by atoms with van der Waals surface area (Å²) in [5.41, 5.74) is 3.72. The number of hydrogen-bond acceptors (Lipinski definition) is 1. The van der Waals surface area contributed by atoms with E-state index in [2.05, 4.69) is 54.4 Å². The summed E-state index contributed by atoms with van der Waals surface area (Å²) in [5.74, 6) is 0. The van der Waals surface area contributed by atoms with E-state index in [4.69, 9.17) is 0 Å². The Morgan fingerprint density at radius 2 is 1.88 bits per heavy atom. The van der Waals surface area contributed by atoms with Crippen LogP contribution in [0.3, 0.4) is 0 Å². The molecule has 86 valence electrons. The minimum absolute atomic E-state index is 1.00. The molecule has 1 aromatic carbocycles. The summed E-state index contributed by atoms with van der Waals surface area (Å²) >= 11 is 0. The Balaban J connectivity index is 1.84. The van der Waals surface area contributed by atoms with Crippen LogP contribution in [-0.4, -0.2) is 4.98 Å². The average Bonchev–Trinajstić information content (AvgIpc) is 2.38. The topological polar surface area (TPSA) is 12.9 Å². The molecule has 0 N–H and O–H groups in total. The van der Waals surface area contributed by atoms with E-state index in [1.807, 2.05) is 18.3 Å². The van der Waals surface area contributed by atoms with Gasteiger partial charge in [-0.2, -0.15) is 0 Å². The molecule has 0 saturated carbocycles. The maximum absolute atomic E-state index is 4.30. The van der Waals surface area contributed by atoms with E-state index in [-0.39, 0.29) is 0 Å². The molecule has 0 aliphatic carbocycles. The molecule has 1 heterocycles. The third-order valence-corrected chi connectivity index (χ3v) is 2.68. The first-order chi connectivity index (χ1) is 8.34. The largest absolute Gasteiger partial charge is 0.261 e. The Hall–Kier alpha value is -1.89. The second-order valence-electron chi connectivity index (χ2n) is 4.17. The molecule has 2 rings (SSSR count). The molecule has 1 nitrogen and oxygen atoms in total. The SMILES string of the molecule is Cc1ccc(/C=C/CCc2ccccn2)cc1. The molecule has 0 radical (unpaired) electrons. The number of hydrogen-bond donors (Lipinski definition) is 0. The third kappa shape index (κ3) is 3.87. The van der Waals surface area contributed by atoms with Crippen molar-refractivity contribution in [2.75, 3.05) is 0 Å². The van der Waals surface area contributed by atoms with Crippen molar-refractivity contribution in [1.82, 2.24) is 4.98 Å². The maximum Gasteiger partial charge on any atom is 0.0406 e. The third-order valence-electron chi connectivity index (χ3n) is 2.68. The number of benzene rings is 1. The van der Waals surface area contributed by atoms with Crippen molar-refractivity contribution in [2.24, 2.45) is 0 Å². The van der Waals surface area contributed by atoms with Gasteiger partial charge >= 0.3 is 0 Å². The van der Waals surface area contributed by atoms with Crippen molar-refractivity contribution >= 4 is 6.08 Å². The summed E-state index contributed by atoms with van der Waals surface area (Å²) in [5, 5.41) is 0. The van der Waals surface area contributed by atoms with E-state index in [9.17, 15) is 0 Å². The molecule has 0 aliphatic rings. The zero-order valence-electron chi connectivity index (χ0n) is 10.1. The van der Waals surface area contributed by atoms with Crippen LogP contribution in [0.1, 0.15) is 23.2 Å². The highest BCUT2D eigenvalue weighted by Crippen LogP contribution is 2.06. The van der Waals surface area contributed by atoms with Crippen molar-refractivity contribution in [3.05, 3.63) is 71.6 Å². The molecule has 0 fully saturated rings. The molecular formula is C16H17N. The lowest BCUT2D eigenvalue weighted by molar-refractivity contribution is 0.946. The van der Waals surface area contributed by atoms with Crippen molar-refractivity contribution in [3.8, 4) is 0 Å². The van der Waals surface area contributed by atoms with Crippen LogP contribution in [0.15, 0.2) is 54.7 Å². The van der Waals surface area contributed by atoms with E-state index in [1.54, 1.807) is 0 Å². The Labute approximate surface area is 103 Å². The molecule has 0 unspecified atom stereocenters. The molecular weight excluding hydrogens is 206 g/mol. The van der Waals surface area contributed by atoms with Gasteiger partial charge in [-0.05, 0) is 37.5 Å². The van der Waals surface area contributed by atoms with Crippen LogP contribution in [0.5, 0.6) is 0 Å². The van der Waals surface area contributed by atoms with Crippen molar-refractivity contribution in [2.45, 2.75) is 19.8 Å². The Morgan fingerprint density at radius 1 is 1.06 bits per heavy atom. The van der Waals surface area contributed by atoms with Crippen LogP contribution >= 0.6 is 0 Å². The Bertz CT molecular complexity index is 469. The molecule has 0 aliphatic heterocycles. The van der Waals surface area contributed by atoms with Gasteiger partial charge in [0, 0.05) is 11.9 Å². The molecule has 0 atom stereocenters. The average molecular weight is 223 g/mol. The van der Waals surface area contributed by atoms with Crippen LogP contribution < -0.4 is 0 Å². The standard InChI is InChI=1S/C16H17N/c1-14-9-11-15(12-10-14)6-2-3-7-16-8-4-5-13-17-16/h2,4-6,8-13H,3,7H2,1H3/b6-2+. The monoisotopic (exact) mass is 223 g/mol. The second kappa shape index (κ2) is 6.00. The van der Waals surface area contributed by atoms with E-state index in [0.717, 1.165) is 18.5 Å². The number of nitrogens with zero attached hydrogens (tertiary/aromatic N) is 1. The van der Waals surface area contributed by atoms with Crippen molar-refractivity contribution in [1.29, 1.82) is 0 Å². The second-order valence-corrected chi connectivity index (χ2v) is 4.17. The molecule has 0 spiro atoms. The van der Waals surface area contributed by atoms with Gasteiger partial charge in [0.15, 0.2) is 0 Å². The molecule has 0 amide bonds. The normalized spacial score (nSPS) is 10.9. The van der Waals surface area contributed by atoms with E-state index >= 15 is 0 Å². The van der Waals surface area contributed by atoms with Crippen LogP contribution in [-0.2, 0) is 6.42 Å². The summed E-state index contributed by atoms with van der Waals surface area (Å²) in [6.45, 7) is 2.11. The fraction of sp³-hybridized carbons (Fsp3) is 0.188. The zero-order valence-corrected chi connectivity index (χ0v) is 10.1. The summed E-state index contributed by atoms with van der Waals surface area (Å²) in [4.78, 5) is 4.30. The molecule has 0 bridgehead atoms. The van der Waals surface area contributed by atoms with E-state index in [0.29, 0.717) is 0 Å². The Morgan fingerprint density at radius 3 is 2.59 bits per heavy atom. The highest BCUT2D eigenvalue weighted by atomic mass is 14.7. The predicted octanol–water partition coefficient (Wildman–Crippen LogP) is 4.04. The molecule has 0 saturated heterocycles. The zero-order chi connectivity index (χ0) is 11.9. The first kappa shape index (κ1) is 11.6. The van der Waals surface area contributed by atoms with Crippen LogP contribution in [0.25, 0.3) is 6.08 Å². The summed E-state index contributed by atoms with van der Waals surface area (Å²) in [6.07, 6.45) is 8.26. The van der Waals surface area contributed by atoms with Gasteiger partial charge in [0.2, 0.25) is 0 Å². The lowest BCUT2D eigenvalue weighted by atomic mass is 10.1. The maximum atomic E-state index is 4.30. The summed E-state index contributed by atoms with van der Waals surface area (Å²) in [6, 6.07) is 14.6. The van der Waals surface area contributed by atoms with E-state index < -0.39 is 0 Å². The lowest BCUT2D eigenvalue weighted by Crippen LogP contribution is -1.86. The van der Waals surface area contributed by atoms with Crippen molar-refractivity contribution < 1.29 is 0 Å². The quantitative estimate of drug-likeness (QED) is 0.762. The van der Waals surface area contributed by atoms with Crippen molar-refractivity contribution in [3.63, 3.8) is 0 Å². The number of aromatic nitrogens is 1. The van der Waals surface area contributed by atoms with Gasteiger partial charge < -0.3 is 0 Å². The fourth-order valence-electron chi connectivity index (χ4n) is 1.67. The Kier molecular flexibility index (Phi) is 4.09. The molecule has 1 aromatic heterocycles. The van der Waals surface area contributed by atoms with Gasteiger partial charge in [-0.3, -0.25) is 4.98 Å². The minimum Gasteiger partial charge on any atom is -0.261 e. The number of aryl methyl sites for hydroxylation is 2. The first-order valence-corrected chi connectivity index (χ1v) is 5.98. The van der Waals surface area contributed by atoms with E-state index in [1.165, 1.54) is 11.1 Å². The highest BCUT2D eigenvalue weighted by Gasteiger charge is 1.90. The van der Waals surface area contributed by atoms with Gasteiger partial charge in [0.05, 0.1) is 0 Å². The number of pyridine rings is 1. The summed E-state index contributed by atoms with van der Waals surface area (Å²) < 4.78 is 0. The molecule has 2 aromatic rings. The van der Waals surface area contributed by atoms with Gasteiger partial charge in [-0.1, -0.05) is 48.0 Å².